The van der Waals surface area contributed by atoms with Crippen molar-refractivity contribution in [3.8, 4) is 0 Å². The molecule has 0 aliphatic carbocycles. The Morgan fingerprint density at radius 3 is 2.88 bits per heavy atom. The number of ether oxygens (including phenoxy) is 1. The fourth-order valence-corrected chi connectivity index (χ4v) is 2.29. The molecule has 0 saturated carbocycles. The number of carbonyl (C=O) groups is 1. The van der Waals surface area contributed by atoms with Crippen molar-refractivity contribution in [2.24, 2.45) is 0 Å². The highest BCUT2D eigenvalue weighted by atomic mass is 32.2. The molecule has 0 saturated heterocycles. The van der Waals surface area contributed by atoms with Gasteiger partial charge in [-0.3, -0.25) is 9.00 Å². The minimum absolute atomic E-state index is 0.234. The Morgan fingerprint density at radius 2 is 2.25 bits per heavy atom. The van der Waals surface area contributed by atoms with Crippen molar-refractivity contribution >= 4 is 16.8 Å². The van der Waals surface area contributed by atoms with Crippen LogP contribution in [0.2, 0.25) is 0 Å². The summed E-state index contributed by atoms with van der Waals surface area (Å²) in [7, 11) is 0.0515. The summed E-state index contributed by atoms with van der Waals surface area (Å²) < 4.78 is 28.9. The lowest BCUT2D eigenvalue weighted by Gasteiger charge is -2.02. The van der Waals surface area contributed by atoms with E-state index in [1.165, 1.54) is 25.3 Å². The van der Waals surface area contributed by atoms with Crippen LogP contribution in [0.4, 0.5) is 4.39 Å². The molecular weight excluding hydrogens is 231 g/mol. The van der Waals surface area contributed by atoms with Crippen molar-refractivity contribution in [2.75, 3.05) is 12.9 Å². The lowest BCUT2D eigenvalue weighted by atomic mass is 10.3. The zero-order chi connectivity index (χ0) is 12.0. The van der Waals surface area contributed by atoms with Gasteiger partial charge < -0.3 is 4.74 Å². The Bertz CT molecular complexity index is 393. The van der Waals surface area contributed by atoms with Gasteiger partial charge >= 0.3 is 5.97 Å². The number of hydrogen-bond acceptors (Lipinski definition) is 3. The summed E-state index contributed by atoms with van der Waals surface area (Å²) in [5, 5.41) is 0. The molecule has 3 nitrogen and oxygen atoms in total. The van der Waals surface area contributed by atoms with Crippen LogP contribution < -0.4 is 0 Å². The lowest BCUT2D eigenvalue weighted by molar-refractivity contribution is -0.140. The smallest absolute Gasteiger partial charge is 0.305 e. The second-order valence-corrected chi connectivity index (χ2v) is 4.76. The van der Waals surface area contributed by atoms with Crippen LogP contribution >= 0.6 is 0 Å². The maximum absolute atomic E-state index is 12.8. The van der Waals surface area contributed by atoms with Crippen molar-refractivity contribution in [1.82, 2.24) is 0 Å². The number of hydrogen-bond donors (Lipinski definition) is 0. The van der Waals surface area contributed by atoms with Gasteiger partial charge in [0.25, 0.3) is 0 Å². The summed E-state index contributed by atoms with van der Waals surface area (Å²) >= 11 is 0. The Kier molecular flexibility index (Phi) is 5.11. The molecule has 1 aromatic rings. The quantitative estimate of drug-likeness (QED) is 0.743. The molecule has 0 heterocycles. The number of carbonyl (C=O) groups excluding carboxylic acids is 1. The van der Waals surface area contributed by atoms with Crippen LogP contribution in [-0.2, 0) is 20.3 Å². The maximum Gasteiger partial charge on any atom is 0.305 e. The van der Waals surface area contributed by atoms with Gasteiger partial charge in [0.15, 0.2) is 0 Å². The largest absolute Gasteiger partial charge is 0.469 e. The van der Waals surface area contributed by atoms with Gasteiger partial charge in [0.2, 0.25) is 0 Å². The highest BCUT2D eigenvalue weighted by molar-refractivity contribution is 7.85. The first kappa shape index (κ1) is 12.8. The number of rotatable bonds is 5. The Hall–Kier alpha value is -1.23. The second kappa shape index (κ2) is 6.37. The van der Waals surface area contributed by atoms with E-state index in [9.17, 15) is 13.4 Å². The van der Waals surface area contributed by atoms with Crippen LogP contribution in [0.25, 0.3) is 0 Å². The van der Waals surface area contributed by atoms with E-state index in [1.54, 1.807) is 6.07 Å². The van der Waals surface area contributed by atoms with Crippen LogP contribution in [0.15, 0.2) is 29.2 Å². The molecule has 0 aliphatic heterocycles. The molecule has 5 heteroatoms. The third-order valence-corrected chi connectivity index (χ3v) is 3.44. The van der Waals surface area contributed by atoms with Gasteiger partial charge in [0.1, 0.15) is 5.82 Å². The van der Waals surface area contributed by atoms with Crippen molar-refractivity contribution in [1.29, 1.82) is 0 Å². The highest BCUT2D eigenvalue weighted by Gasteiger charge is 2.06. The minimum atomic E-state index is -1.26. The molecule has 1 unspecified atom stereocenters. The average Bonchev–Trinajstić information content (AvgIpc) is 2.28. The molecule has 0 aliphatic rings. The van der Waals surface area contributed by atoms with Gasteiger partial charge in [-0.15, -0.1) is 0 Å². The molecule has 0 spiro atoms. The number of halogens is 1. The molecular formula is C11H13FO3S. The van der Waals surface area contributed by atoms with E-state index in [2.05, 4.69) is 4.74 Å². The molecule has 1 atom stereocenters. The summed E-state index contributed by atoms with van der Waals surface area (Å²) in [6.45, 7) is 0. The third-order valence-electron chi connectivity index (χ3n) is 2.00. The van der Waals surface area contributed by atoms with Gasteiger partial charge in [0.05, 0.1) is 17.9 Å². The predicted molar refractivity (Wildman–Crippen MR) is 58.9 cm³/mol. The van der Waals surface area contributed by atoms with E-state index >= 15 is 0 Å². The monoisotopic (exact) mass is 244 g/mol. The van der Waals surface area contributed by atoms with Crippen molar-refractivity contribution in [3.05, 3.63) is 30.1 Å². The molecule has 0 fully saturated rings. The molecule has 88 valence electrons. The first-order valence-corrected chi connectivity index (χ1v) is 6.16. The highest BCUT2D eigenvalue weighted by Crippen LogP contribution is 2.10. The topological polar surface area (TPSA) is 43.4 Å². The fourth-order valence-electron chi connectivity index (χ4n) is 1.18. The standard InChI is InChI=1S/C11H13FO3S/c1-15-11(13)6-3-7-16(14)10-5-2-4-9(12)8-10/h2,4-5,8H,3,6-7H2,1H3. The molecule has 0 radical (unpaired) electrons. The predicted octanol–water partition coefficient (Wildman–Crippen LogP) is 1.89. The van der Waals surface area contributed by atoms with Crippen LogP contribution in [0, 0.1) is 5.82 Å². The van der Waals surface area contributed by atoms with Crippen molar-refractivity contribution in [2.45, 2.75) is 17.7 Å². The van der Waals surface area contributed by atoms with Crippen LogP contribution in [-0.4, -0.2) is 23.0 Å². The Labute approximate surface area is 96.1 Å². The van der Waals surface area contributed by atoms with E-state index in [1.807, 2.05) is 0 Å². The Morgan fingerprint density at radius 1 is 1.50 bits per heavy atom. The zero-order valence-electron chi connectivity index (χ0n) is 8.94. The normalized spacial score (nSPS) is 12.1. The molecule has 16 heavy (non-hydrogen) atoms. The summed E-state index contributed by atoms with van der Waals surface area (Å²) in [5.41, 5.74) is 0. The summed E-state index contributed by atoms with van der Waals surface area (Å²) in [6.07, 6.45) is 0.702. The van der Waals surface area contributed by atoms with Crippen molar-refractivity contribution in [3.63, 3.8) is 0 Å². The third kappa shape index (κ3) is 4.10. The van der Waals surface area contributed by atoms with Gasteiger partial charge in [-0.05, 0) is 24.6 Å². The van der Waals surface area contributed by atoms with Gasteiger partial charge in [-0.2, -0.15) is 0 Å². The molecule has 0 N–H and O–H groups in total. The average molecular weight is 244 g/mol. The summed E-state index contributed by atoms with van der Waals surface area (Å²) in [6, 6.07) is 5.67. The number of benzene rings is 1. The maximum atomic E-state index is 12.8. The first-order valence-electron chi connectivity index (χ1n) is 4.84. The van der Waals surface area contributed by atoms with Crippen LogP contribution in [0.1, 0.15) is 12.8 Å². The lowest BCUT2D eigenvalue weighted by Crippen LogP contribution is -2.04. The van der Waals surface area contributed by atoms with E-state index in [0.29, 0.717) is 17.1 Å². The molecule has 1 aromatic carbocycles. The van der Waals surface area contributed by atoms with Crippen LogP contribution in [0.5, 0.6) is 0 Å². The molecule has 0 amide bonds. The molecule has 0 aromatic heterocycles. The van der Waals surface area contributed by atoms with E-state index < -0.39 is 16.6 Å². The minimum Gasteiger partial charge on any atom is -0.469 e. The molecule has 0 bridgehead atoms. The molecule has 1 rings (SSSR count). The fraction of sp³-hybridized carbons (Fsp3) is 0.364. The van der Waals surface area contributed by atoms with Gasteiger partial charge in [-0.25, -0.2) is 4.39 Å². The second-order valence-electron chi connectivity index (χ2n) is 3.19. The zero-order valence-corrected chi connectivity index (χ0v) is 9.76. The summed E-state index contributed by atoms with van der Waals surface area (Å²) in [4.78, 5) is 11.3. The van der Waals surface area contributed by atoms with Gasteiger partial charge in [-0.1, -0.05) is 6.07 Å². The van der Waals surface area contributed by atoms with Gasteiger partial charge in [0, 0.05) is 17.1 Å². The van der Waals surface area contributed by atoms with Crippen LogP contribution in [0.3, 0.4) is 0 Å². The van der Waals surface area contributed by atoms with E-state index in [4.69, 9.17) is 0 Å². The number of esters is 1. The van der Waals surface area contributed by atoms with E-state index in [-0.39, 0.29) is 12.4 Å². The summed E-state index contributed by atoms with van der Waals surface area (Å²) in [5.74, 6) is -0.395. The number of methoxy groups -OCH3 is 1. The Balaban J connectivity index is 2.44. The first-order chi connectivity index (χ1) is 7.63. The SMILES string of the molecule is COC(=O)CCCS(=O)c1cccc(F)c1. The van der Waals surface area contributed by atoms with Crippen molar-refractivity contribution < 1.29 is 18.1 Å². The van der Waals surface area contributed by atoms with E-state index in [0.717, 1.165) is 0 Å².